The minimum atomic E-state index is -3.19. The van der Waals surface area contributed by atoms with Crippen LogP contribution in [0.1, 0.15) is 38.5 Å². The van der Waals surface area contributed by atoms with Crippen LogP contribution in [0.5, 0.6) is 0 Å². The van der Waals surface area contributed by atoms with Gasteiger partial charge in [-0.2, -0.15) is 0 Å². The Hall–Kier alpha value is -0.170. The zero-order valence-electron chi connectivity index (χ0n) is 11.6. The van der Waals surface area contributed by atoms with E-state index in [2.05, 4.69) is 0 Å². The summed E-state index contributed by atoms with van der Waals surface area (Å²) in [6.07, 6.45) is 6.00. The van der Waals surface area contributed by atoms with Gasteiger partial charge in [0.1, 0.15) is 0 Å². The van der Waals surface area contributed by atoms with Crippen LogP contribution in [0.4, 0.5) is 0 Å². The van der Waals surface area contributed by atoms with Crippen LogP contribution in [0.2, 0.25) is 0 Å². The third-order valence-electron chi connectivity index (χ3n) is 4.23. The van der Waals surface area contributed by atoms with Gasteiger partial charge in [0.15, 0.2) is 0 Å². The number of hydrogen-bond acceptors (Lipinski definition) is 4. The maximum atomic E-state index is 12.4. The molecule has 0 radical (unpaired) electrons. The lowest BCUT2D eigenvalue weighted by Crippen LogP contribution is -2.44. The lowest BCUT2D eigenvalue weighted by molar-refractivity contribution is 0.0605. The molecule has 1 atom stereocenters. The van der Waals surface area contributed by atoms with E-state index in [1.807, 2.05) is 0 Å². The largest absolute Gasteiger partial charge is 0.381 e. The van der Waals surface area contributed by atoms with Gasteiger partial charge in [-0.05, 0) is 31.6 Å². The fourth-order valence-corrected chi connectivity index (χ4v) is 4.73. The molecule has 2 rings (SSSR count). The second kappa shape index (κ2) is 7.02. The Bertz CT molecular complexity index is 358. The Morgan fingerprint density at radius 2 is 1.68 bits per heavy atom. The van der Waals surface area contributed by atoms with Crippen LogP contribution >= 0.6 is 0 Å². The molecule has 0 aromatic rings. The van der Waals surface area contributed by atoms with Gasteiger partial charge in [-0.25, -0.2) is 12.7 Å². The lowest BCUT2D eigenvalue weighted by atomic mass is 9.94. The topological polar surface area (TPSA) is 72.6 Å². The van der Waals surface area contributed by atoms with E-state index in [1.165, 1.54) is 0 Å². The second-order valence-corrected chi connectivity index (χ2v) is 7.72. The standard InChI is InChI=1S/C13H26N2O3S/c14-13(12-5-9-18-10-6-12)11-19(16,17)15-7-3-1-2-4-8-15/h12-13H,1-11,14H2. The average Bonchev–Trinajstić information content (AvgIpc) is 2.68. The smallest absolute Gasteiger partial charge is 0.215 e. The molecular formula is C13H26N2O3S. The van der Waals surface area contributed by atoms with Crippen LogP contribution in [0, 0.1) is 5.92 Å². The lowest BCUT2D eigenvalue weighted by Gasteiger charge is -2.29. The van der Waals surface area contributed by atoms with Gasteiger partial charge in [-0.15, -0.1) is 0 Å². The van der Waals surface area contributed by atoms with E-state index in [4.69, 9.17) is 10.5 Å². The van der Waals surface area contributed by atoms with Crippen molar-refractivity contribution >= 4 is 10.0 Å². The molecule has 0 amide bonds. The molecule has 112 valence electrons. The van der Waals surface area contributed by atoms with E-state index in [-0.39, 0.29) is 17.7 Å². The zero-order valence-corrected chi connectivity index (χ0v) is 12.4. The summed E-state index contributed by atoms with van der Waals surface area (Å²) in [7, 11) is -3.19. The molecule has 0 saturated carbocycles. The summed E-state index contributed by atoms with van der Waals surface area (Å²) in [4.78, 5) is 0. The summed E-state index contributed by atoms with van der Waals surface area (Å²) in [5, 5.41) is 0. The minimum Gasteiger partial charge on any atom is -0.381 e. The van der Waals surface area contributed by atoms with E-state index >= 15 is 0 Å². The first-order chi connectivity index (χ1) is 9.09. The van der Waals surface area contributed by atoms with Gasteiger partial charge >= 0.3 is 0 Å². The third kappa shape index (κ3) is 4.41. The molecule has 2 aliphatic heterocycles. The predicted molar refractivity (Wildman–Crippen MR) is 75.3 cm³/mol. The molecule has 5 nitrogen and oxygen atoms in total. The molecule has 2 saturated heterocycles. The summed E-state index contributed by atoms with van der Waals surface area (Å²) in [6.45, 7) is 2.76. The Balaban J connectivity index is 1.91. The van der Waals surface area contributed by atoms with E-state index in [9.17, 15) is 8.42 Å². The average molecular weight is 290 g/mol. The number of nitrogens with two attached hydrogens (primary N) is 1. The molecule has 0 aromatic heterocycles. The summed E-state index contributed by atoms with van der Waals surface area (Å²) < 4.78 is 31.8. The van der Waals surface area contributed by atoms with E-state index in [0.717, 1.165) is 38.5 Å². The molecule has 0 aliphatic carbocycles. The molecule has 1 unspecified atom stereocenters. The number of sulfonamides is 1. The number of ether oxygens (including phenoxy) is 1. The number of rotatable bonds is 4. The summed E-state index contributed by atoms with van der Waals surface area (Å²) in [5.74, 6) is 0.382. The van der Waals surface area contributed by atoms with Gasteiger partial charge in [0.25, 0.3) is 0 Å². The first kappa shape index (κ1) is 15.2. The van der Waals surface area contributed by atoms with Crippen molar-refractivity contribution in [2.75, 3.05) is 32.1 Å². The first-order valence-electron chi connectivity index (χ1n) is 7.41. The van der Waals surface area contributed by atoms with Crippen molar-refractivity contribution in [3.05, 3.63) is 0 Å². The van der Waals surface area contributed by atoms with Crippen LogP contribution < -0.4 is 5.73 Å². The molecule has 2 fully saturated rings. The van der Waals surface area contributed by atoms with Gasteiger partial charge in [-0.3, -0.25) is 0 Å². The molecule has 0 bridgehead atoms. The van der Waals surface area contributed by atoms with Gasteiger partial charge in [0, 0.05) is 32.3 Å². The zero-order chi connectivity index (χ0) is 13.7. The quantitative estimate of drug-likeness (QED) is 0.836. The highest BCUT2D eigenvalue weighted by atomic mass is 32.2. The summed E-state index contributed by atoms with van der Waals surface area (Å²) in [6, 6.07) is -0.253. The van der Waals surface area contributed by atoms with Crippen LogP contribution in [-0.4, -0.2) is 50.8 Å². The van der Waals surface area contributed by atoms with Gasteiger partial charge < -0.3 is 10.5 Å². The molecule has 19 heavy (non-hydrogen) atoms. The highest BCUT2D eigenvalue weighted by molar-refractivity contribution is 7.89. The van der Waals surface area contributed by atoms with E-state index in [1.54, 1.807) is 4.31 Å². The summed E-state index contributed by atoms with van der Waals surface area (Å²) in [5.41, 5.74) is 6.12. The number of nitrogens with zero attached hydrogens (tertiary/aromatic N) is 1. The van der Waals surface area contributed by atoms with Gasteiger partial charge in [-0.1, -0.05) is 12.8 Å². The van der Waals surface area contributed by atoms with E-state index < -0.39 is 10.0 Å². The highest BCUT2D eigenvalue weighted by Gasteiger charge is 2.29. The highest BCUT2D eigenvalue weighted by Crippen LogP contribution is 2.20. The van der Waals surface area contributed by atoms with Crippen molar-refractivity contribution in [3.8, 4) is 0 Å². The molecule has 2 N–H and O–H groups in total. The first-order valence-corrected chi connectivity index (χ1v) is 9.01. The number of hydrogen-bond donors (Lipinski definition) is 1. The Morgan fingerprint density at radius 1 is 1.11 bits per heavy atom. The van der Waals surface area contributed by atoms with Crippen molar-refractivity contribution in [1.29, 1.82) is 0 Å². The molecular weight excluding hydrogens is 264 g/mol. The van der Waals surface area contributed by atoms with Gasteiger partial charge in [0.2, 0.25) is 10.0 Å². The van der Waals surface area contributed by atoms with Crippen molar-refractivity contribution in [3.63, 3.8) is 0 Å². The SMILES string of the molecule is NC(CS(=O)(=O)N1CCCCCC1)C1CCOCC1. The summed E-state index contributed by atoms with van der Waals surface area (Å²) >= 11 is 0. The molecule has 2 heterocycles. The molecule has 6 heteroatoms. The van der Waals surface area contributed by atoms with Crippen LogP contribution in [0.15, 0.2) is 0 Å². The van der Waals surface area contributed by atoms with Crippen LogP contribution in [0.25, 0.3) is 0 Å². The van der Waals surface area contributed by atoms with Crippen molar-refractivity contribution in [2.45, 2.75) is 44.6 Å². The van der Waals surface area contributed by atoms with Crippen molar-refractivity contribution in [2.24, 2.45) is 11.7 Å². The second-order valence-electron chi connectivity index (χ2n) is 5.71. The molecule has 0 aromatic carbocycles. The van der Waals surface area contributed by atoms with E-state index in [0.29, 0.717) is 26.3 Å². The fraction of sp³-hybridized carbons (Fsp3) is 1.00. The fourth-order valence-electron chi connectivity index (χ4n) is 2.95. The van der Waals surface area contributed by atoms with Crippen molar-refractivity contribution < 1.29 is 13.2 Å². The molecule has 0 spiro atoms. The normalized spacial score (nSPS) is 25.9. The Labute approximate surface area is 116 Å². The molecule has 2 aliphatic rings. The third-order valence-corrected chi connectivity index (χ3v) is 6.19. The minimum absolute atomic E-state index is 0.0949. The monoisotopic (exact) mass is 290 g/mol. The van der Waals surface area contributed by atoms with Crippen LogP contribution in [-0.2, 0) is 14.8 Å². The Morgan fingerprint density at radius 3 is 2.26 bits per heavy atom. The van der Waals surface area contributed by atoms with Crippen molar-refractivity contribution in [1.82, 2.24) is 4.31 Å². The van der Waals surface area contributed by atoms with Gasteiger partial charge in [0.05, 0.1) is 5.75 Å². The maximum absolute atomic E-state index is 12.4. The maximum Gasteiger partial charge on any atom is 0.215 e. The predicted octanol–water partition coefficient (Wildman–Crippen LogP) is 0.946. The Kier molecular flexibility index (Phi) is 5.62. The van der Waals surface area contributed by atoms with Crippen LogP contribution in [0.3, 0.4) is 0 Å².